The van der Waals surface area contributed by atoms with Gasteiger partial charge in [0.1, 0.15) is 0 Å². The molecule has 0 aromatic heterocycles. The van der Waals surface area contributed by atoms with Crippen LogP contribution in [0.2, 0.25) is 0 Å². The molecule has 18 heavy (non-hydrogen) atoms. The number of carbonyl (C=O) groups excluding carboxylic acids is 2. The summed E-state index contributed by atoms with van der Waals surface area (Å²) in [6, 6.07) is 9.18. The van der Waals surface area contributed by atoms with Crippen LogP contribution in [0.4, 0.5) is 5.69 Å². The first-order valence-electron chi connectivity index (χ1n) is 5.86. The van der Waals surface area contributed by atoms with Gasteiger partial charge in [-0.2, -0.15) is 0 Å². The van der Waals surface area contributed by atoms with E-state index in [4.69, 9.17) is 4.74 Å². The SMILES string of the molecule is COC(=O)[C@@H]1CCC=C1C(=O)Nc1ccccc1. The maximum absolute atomic E-state index is 12.1. The van der Waals surface area contributed by atoms with Crippen molar-refractivity contribution in [2.45, 2.75) is 12.8 Å². The summed E-state index contributed by atoms with van der Waals surface area (Å²) >= 11 is 0. The normalized spacial score (nSPS) is 18.1. The Hall–Kier alpha value is -2.10. The van der Waals surface area contributed by atoms with Gasteiger partial charge in [-0.05, 0) is 25.0 Å². The summed E-state index contributed by atoms with van der Waals surface area (Å²) in [5.41, 5.74) is 1.23. The molecule has 0 spiro atoms. The Bertz CT molecular complexity index is 479. The molecule has 0 fully saturated rings. The van der Waals surface area contributed by atoms with Crippen LogP contribution in [-0.4, -0.2) is 19.0 Å². The molecule has 1 aromatic carbocycles. The van der Waals surface area contributed by atoms with Gasteiger partial charge >= 0.3 is 5.97 Å². The third-order valence-corrected chi connectivity index (χ3v) is 2.97. The lowest BCUT2D eigenvalue weighted by molar-refractivity contribution is -0.144. The van der Waals surface area contributed by atoms with Gasteiger partial charge in [0, 0.05) is 11.3 Å². The van der Waals surface area contributed by atoms with Crippen LogP contribution >= 0.6 is 0 Å². The molecular weight excluding hydrogens is 230 g/mol. The first kappa shape index (κ1) is 12.4. The highest BCUT2D eigenvalue weighted by Crippen LogP contribution is 2.27. The van der Waals surface area contributed by atoms with Crippen molar-refractivity contribution in [1.82, 2.24) is 0 Å². The van der Waals surface area contributed by atoms with E-state index in [-0.39, 0.29) is 11.9 Å². The summed E-state index contributed by atoms with van der Waals surface area (Å²) in [6.07, 6.45) is 3.18. The van der Waals surface area contributed by atoms with Crippen LogP contribution in [0.3, 0.4) is 0 Å². The van der Waals surface area contributed by atoms with Gasteiger partial charge in [-0.15, -0.1) is 0 Å². The van der Waals surface area contributed by atoms with Gasteiger partial charge in [-0.1, -0.05) is 24.3 Å². The molecule has 0 radical (unpaired) electrons. The summed E-state index contributed by atoms with van der Waals surface area (Å²) in [4.78, 5) is 23.6. The Morgan fingerprint density at radius 2 is 2.00 bits per heavy atom. The zero-order valence-corrected chi connectivity index (χ0v) is 10.2. The van der Waals surface area contributed by atoms with E-state index in [1.54, 1.807) is 18.2 Å². The molecule has 0 saturated carbocycles. The Labute approximate surface area is 106 Å². The predicted molar refractivity (Wildman–Crippen MR) is 67.9 cm³/mol. The van der Waals surface area contributed by atoms with Crippen molar-refractivity contribution in [3.8, 4) is 0 Å². The maximum Gasteiger partial charge on any atom is 0.313 e. The molecule has 1 amide bonds. The highest BCUT2D eigenvalue weighted by molar-refractivity contribution is 6.07. The number of ether oxygens (including phenoxy) is 1. The van der Waals surface area contributed by atoms with E-state index in [9.17, 15) is 9.59 Å². The highest BCUT2D eigenvalue weighted by Gasteiger charge is 2.31. The lowest BCUT2D eigenvalue weighted by atomic mass is 10.0. The topological polar surface area (TPSA) is 55.4 Å². The van der Waals surface area contributed by atoms with Gasteiger partial charge in [0.15, 0.2) is 0 Å². The number of carbonyl (C=O) groups is 2. The number of hydrogen-bond acceptors (Lipinski definition) is 3. The lowest BCUT2D eigenvalue weighted by Crippen LogP contribution is -2.24. The zero-order chi connectivity index (χ0) is 13.0. The number of nitrogens with one attached hydrogen (secondary N) is 1. The summed E-state index contributed by atoms with van der Waals surface area (Å²) < 4.78 is 4.70. The van der Waals surface area contributed by atoms with Crippen LogP contribution in [0.5, 0.6) is 0 Å². The smallest absolute Gasteiger partial charge is 0.313 e. The fraction of sp³-hybridized carbons (Fsp3) is 0.286. The maximum atomic E-state index is 12.1. The molecule has 2 rings (SSSR count). The molecule has 4 nitrogen and oxygen atoms in total. The van der Waals surface area contributed by atoms with Gasteiger partial charge in [0.2, 0.25) is 0 Å². The average molecular weight is 245 g/mol. The molecule has 0 heterocycles. The number of esters is 1. The van der Waals surface area contributed by atoms with Crippen molar-refractivity contribution in [1.29, 1.82) is 0 Å². The van der Waals surface area contributed by atoms with Gasteiger partial charge in [-0.3, -0.25) is 9.59 Å². The van der Waals surface area contributed by atoms with E-state index in [0.29, 0.717) is 12.0 Å². The van der Waals surface area contributed by atoms with Crippen molar-refractivity contribution in [3.63, 3.8) is 0 Å². The second kappa shape index (κ2) is 5.49. The number of rotatable bonds is 3. The summed E-state index contributed by atoms with van der Waals surface area (Å²) in [5.74, 6) is -1.00. The Morgan fingerprint density at radius 3 is 2.67 bits per heavy atom. The molecule has 1 aliphatic carbocycles. The highest BCUT2D eigenvalue weighted by atomic mass is 16.5. The average Bonchev–Trinajstić information content (AvgIpc) is 2.88. The number of amides is 1. The van der Waals surface area contributed by atoms with Crippen molar-refractivity contribution in [2.24, 2.45) is 5.92 Å². The molecular formula is C14H15NO3. The first-order chi connectivity index (χ1) is 8.72. The van der Waals surface area contributed by atoms with Gasteiger partial charge < -0.3 is 10.1 Å². The molecule has 0 unspecified atom stereocenters. The van der Waals surface area contributed by atoms with Crippen LogP contribution in [0.15, 0.2) is 42.0 Å². The van der Waals surface area contributed by atoms with Crippen molar-refractivity contribution in [3.05, 3.63) is 42.0 Å². The van der Waals surface area contributed by atoms with E-state index < -0.39 is 5.92 Å². The number of allylic oxidation sites excluding steroid dienone is 1. The minimum absolute atomic E-state index is 0.228. The van der Waals surface area contributed by atoms with Crippen molar-refractivity contribution >= 4 is 17.6 Å². The molecule has 1 atom stereocenters. The van der Waals surface area contributed by atoms with Crippen LogP contribution in [-0.2, 0) is 14.3 Å². The van der Waals surface area contributed by atoms with Crippen LogP contribution in [0.25, 0.3) is 0 Å². The number of methoxy groups -OCH3 is 1. The predicted octanol–water partition coefficient (Wildman–Crippen LogP) is 2.13. The van der Waals surface area contributed by atoms with E-state index in [1.165, 1.54) is 7.11 Å². The Balaban J connectivity index is 2.07. The number of hydrogen-bond donors (Lipinski definition) is 1. The van der Waals surface area contributed by atoms with Gasteiger partial charge in [0.05, 0.1) is 13.0 Å². The summed E-state index contributed by atoms with van der Waals surface area (Å²) in [5, 5.41) is 2.78. The zero-order valence-electron chi connectivity index (χ0n) is 10.2. The second-order valence-electron chi connectivity index (χ2n) is 4.13. The second-order valence-corrected chi connectivity index (χ2v) is 4.13. The molecule has 1 aromatic rings. The fourth-order valence-corrected chi connectivity index (χ4v) is 2.07. The van der Waals surface area contributed by atoms with Crippen LogP contribution < -0.4 is 5.32 Å². The lowest BCUT2D eigenvalue weighted by Gasteiger charge is -2.12. The van der Waals surface area contributed by atoms with Crippen LogP contribution in [0, 0.1) is 5.92 Å². The van der Waals surface area contributed by atoms with Gasteiger partial charge in [-0.25, -0.2) is 0 Å². The molecule has 1 aliphatic rings. The van der Waals surface area contributed by atoms with Crippen LogP contribution in [0.1, 0.15) is 12.8 Å². The molecule has 94 valence electrons. The molecule has 0 bridgehead atoms. The minimum Gasteiger partial charge on any atom is -0.469 e. The standard InChI is InChI=1S/C14H15NO3/c1-18-14(17)12-9-5-8-11(12)13(16)15-10-6-3-2-4-7-10/h2-4,6-8,12H,5,9H2,1H3,(H,15,16)/t12-/m1/s1. The number of para-hydroxylation sites is 1. The molecule has 4 heteroatoms. The minimum atomic E-state index is -0.432. The largest absolute Gasteiger partial charge is 0.469 e. The number of benzene rings is 1. The van der Waals surface area contributed by atoms with E-state index in [0.717, 1.165) is 12.1 Å². The monoisotopic (exact) mass is 245 g/mol. The summed E-state index contributed by atoms with van der Waals surface area (Å²) in [6.45, 7) is 0. The first-order valence-corrected chi connectivity index (χ1v) is 5.86. The molecule has 1 N–H and O–H groups in total. The third-order valence-electron chi connectivity index (χ3n) is 2.97. The van der Waals surface area contributed by atoms with E-state index >= 15 is 0 Å². The quantitative estimate of drug-likeness (QED) is 0.830. The molecule has 0 saturated heterocycles. The van der Waals surface area contributed by atoms with E-state index in [1.807, 2.05) is 18.2 Å². The summed E-state index contributed by atoms with van der Waals surface area (Å²) in [7, 11) is 1.34. The Morgan fingerprint density at radius 1 is 1.28 bits per heavy atom. The fourth-order valence-electron chi connectivity index (χ4n) is 2.07. The van der Waals surface area contributed by atoms with E-state index in [2.05, 4.69) is 5.32 Å². The Kier molecular flexibility index (Phi) is 3.77. The molecule has 0 aliphatic heterocycles. The number of anilines is 1. The van der Waals surface area contributed by atoms with Crippen molar-refractivity contribution in [2.75, 3.05) is 12.4 Å². The van der Waals surface area contributed by atoms with Gasteiger partial charge in [0.25, 0.3) is 5.91 Å². The third kappa shape index (κ3) is 2.59. The van der Waals surface area contributed by atoms with Crippen molar-refractivity contribution < 1.29 is 14.3 Å².